The fraction of sp³-hybridized carbons (Fsp3) is 0.562. The Labute approximate surface area is 144 Å². The zero-order valence-corrected chi connectivity index (χ0v) is 15.1. The van der Waals surface area contributed by atoms with Crippen LogP contribution in [-0.4, -0.2) is 24.6 Å². The molecular formula is C16H26Cl2N2O2. The van der Waals surface area contributed by atoms with E-state index < -0.39 is 6.10 Å². The van der Waals surface area contributed by atoms with Crippen molar-refractivity contribution in [2.24, 2.45) is 11.7 Å². The Kier molecular flexibility index (Phi) is 9.49. The molecule has 0 fully saturated rings. The number of halogens is 2. The first-order valence-corrected chi connectivity index (χ1v) is 7.64. The molecule has 0 radical (unpaired) electrons. The lowest BCUT2D eigenvalue weighted by Crippen LogP contribution is -2.46. The van der Waals surface area contributed by atoms with Gasteiger partial charge in [-0.1, -0.05) is 31.5 Å². The van der Waals surface area contributed by atoms with Gasteiger partial charge in [-0.3, -0.25) is 4.79 Å². The van der Waals surface area contributed by atoms with Crippen LogP contribution in [-0.2, 0) is 4.79 Å². The van der Waals surface area contributed by atoms with Crippen molar-refractivity contribution in [3.05, 3.63) is 28.8 Å². The first kappa shape index (κ1) is 21.0. The molecule has 0 bridgehead atoms. The molecule has 4 nitrogen and oxygen atoms in total. The number of benzene rings is 1. The van der Waals surface area contributed by atoms with Crippen molar-refractivity contribution in [2.45, 2.75) is 46.3 Å². The van der Waals surface area contributed by atoms with E-state index >= 15 is 0 Å². The normalized spacial score (nSPS) is 13.2. The number of nitrogens with one attached hydrogen (secondary N) is 1. The summed E-state index contributed by atoms with van der Waals surface area (Å²) < 4.78 is 5.65. The molecule has 3 N–H and O–H groups in total. The highest BCUT2D eigenvalue weighted by molar-refractivity contribution is 6.32. The topological polar surface area (TPSA) is 64.3 Å². The summed E-state index contributed by atoms with van der Waals surface area (Å²) >= 11 is 6.07. The predicted octanol–water partition coefficient (Wildman–Crippen LogP) is 3.33. The van der Waals surface area contributed by atoms with Crippen molar-refractivity contribution in [1.82, 2.24) is 5.32 Å². The fourth-order valence-electron chi connectivity index (χ4n) is 2.05. The van der Waals surface area contributed by atoms with Crippen LogP contribution in [0, 0.1) is 12.8 Å². The second kappa shape index (κ2) is 9.93. The lowest BCUT2D eigenvalue weighted by molar-refractivity contribution is -0.128. The van der Waals surface area contributed by atoms with Gasteiger partial charge in [-0.15, -0.1) is 12.4 Å². The second-order valence-electron chi connectivity index (χ2n) is 5.76. The van der Waals surface area contributed by atoms with Crippen LogP contribution in [0.15, 0.2) is 18.2 Å². The molecule has 0 aliphatic carbocycles. The molecule has 0 saturated carbocycles. The molecular weight excluding hydrogens is 323 g/mol. The number of carbonyl (C=O) groups excluding carboxylic acids is 1. The molecule has 0 aliphatic rings. The van der Waals surface area contributed by atoms with Gasteiger partial charge in [0.1, 0.15) is 5.75 Å². The predicted molar refractivity (Wildman–Crippen MR) is 94.0 cm³/mol. The van der Waals surface area contributed by atoms with E-state index in [1.54, 1.807) is 13.0 Å². The van der Waals surface area contributed by atoms with E-state index in [1.165, 1.54) is 0 Å². The number of nitrogens with two attached hydrogens (primary N) is 1. The maximum absolute atomic E-state index is 12.2. The minimum Gasteiger partial charge on any atom is -0.479 e. The van der Waals surface area contributed by atoms with Crippen LogP contribution >= 0.6 is 24.0 Å². The van der Waals surface area contributed by atoms with Gasteiger partial charge in [0, 0.05) is 12.6 Å². The Morgan fingerprint density at radius 2 is 2.00 bits per heavy atom. The van der Waals surface area contributed by atoms with Gasteiger partial charge in [-0.25, -0.2) is 0 Å². The largest absolute Gasteiger partial charge is 0.479 e. The van der Waals surface area contributed by atoms with E-state index in [-0.39, 0.29) is 24.4 Å². The highest BCUT2D eigenvalue weighted by atomic mass is 35.5. The third-order valence-corrected chi connectivity index (χ3v) is 3.46. The van der Waals surface area contributed by atoms with Crippen molar-refractivity contribution in [3.63, 3.8) is 0 Å². The zero-order chi connectivity index (χ0) is 16.0. The number of ether oxygens (including phenoxy) is 1. The summed E-state index contributed by atoms with van der Waals surface area (Å²) in [6.07, 6.45) is 0.227. The fourth-order valence-corrected chi connectivity index (χ4v) is 2.21. The molecule has 126 valence electrons. The van der Waals surface area contributed by atoms with Crippen LogP contribution in [0.4, 0.5) is 0 Å². The van der Waals surface area contributed by atoms with E-state index in [9.17, 15) is 4.79 Å². The van der Waals surface area contributed by atoms with E-state index in [0.29, 0.717) is 23.2 Å². The Morgan fingerprint density at radius 3 is 2.55 bits per heavy atom. The van der Waals surface area contributed by atoms with Crippen molar-refractivity contribution in [3.8, 4) is 5.75 Å². The molecule has 22 heavy (non-hydrogen) atoms. The summed E-state index contributed by atoms with van der Waals surface area (Å²) in [4.78, 5) is 12.2. The summed E-state index contributed by atoms with van der Waals surface area (Å²) in [6.45, 7) is 8.27. The van der Waals surface area contributed by atoms with Crippen LogP contribution in [0.25, 0.3) is 0 Å². The van der Waals surface area contributed by atoms with Gasteiger partial charge in [0.15, 0.2) is 6.10 Å². The number of hydrogen-bond donors (Lipinski definition) is 2. The summed E-state index contributed by atoms with van der Waals surface area (Å²) in [7, 11) is 0. The molecule has 2 unspecified atom stereocenters. The number of amides is 1. The second-order valence-corrected chi connectivity index (χ2v) is 6.17. The molecule has 0 heterocycles. The van der Waals surface area contributed by atoms with Crippen molar-refractivity contribution in [1.29, 1.82) is 0 Å². The van der Waals surface area contributed by atoms with Gasteiger partial charge in [-0.05, 0) is 43.9 Å². The Morgan fingerprint density at radius 1 is 1.36 bits per heavy atom. The standard InChI is InChI=1S/C16H25ClN2O2.ClH/c1-10(2)7-13(9-18)19-16(20)12(4)21-15-8-11(3)5-6-14(15)17;/h5-6,8,10,12-13H,7,9,18H2,1-4H3,(H,19,20);1H. The molecule has 0 spiro atoms. The highest BCUT2D eigenvalue weighted by Crippen LogP contribution is 2.26. The van der Waals surface area contributed by atoms with E-state index in [1.807, 2.05) is 19.1 Å². The van der Waals surface area contributed by atoms with Gasteiger partial charge in [0.05, 0.1) is 5.02 Å². The van der Waals surface area contributed by atoms with Crippen LogP contribution < -0.4 is 15.8 Å². The van der Waals surface area contributed by atoms with E-state index in [0.717, 1.165) is 12.0 Å². The summed E-state index contributed by atoms with van der Waals surface area (Å²) in [5.74, 6) is 0.817. The van der Waals surface area contributed by atoms with Crippen molar-refractivity contribution >= 4 is 29.9 Å². The van der Waals surface area contributed by atoms with Gasteiger partial charge < -0.3 is 15.8 Å². The third-order valence-electron chi connectivity index (χ3n) is 3.15. The number of rotatable bonds is 7. The van der Waals surface area contributed by atoms with Gasteiger partial charge in [0.2, 0.25) is 0 Å². The number of aryl methyl sites for hydroxylation is 1. The Hall–Kier alpha value is -0.970. The van der Waals surface area contributed by atoms with Gasteiger partial charge >= 0.3 is 0 Å². The molecule has 0 aromatic heterocycles. The molecule has 2 atom stereocenters. The lowest BCUT2D eigenvalue weighted by Gasteiger charge is -2.22. The highest BCUT2D eigenvalue weighted by Gasteiger charge is 2.20. The minimum atomic E-state index is -0.620. The molecule has 1 amide bonds. The third kappa shape index (κ3) is 6.86. The molecule has 1 aromatic carbocycles. The summed E-state index contributed by atoms with van der Waals surface area (Å²) in [5.41, 5.74) is 6.72. The average molecular weight is 349 g/mol. The minimum absolute atomic E-state index is 0. The molecule has 1 rings (SSSR count). The average Bonchev–Trinajstić information content (AvgIpc) is 2.41. The van der Waals surface area contributed by atoms with Crippen LogP contribution in [0.3, 0.4) is 0 Å². The van der Waals surface area contributed by atoms with E-state index in [4.69, 9.17) is 22.1 Å². The molecule has 0 aliphatic heterocycles. The quantitative estimate of drug-likeness (QED) is 0.794. The molecule has 0 saturated heterocycles. The van der Waals surface area contributed by atoms with Crippen LogP contribution in [0.5, 0.6) is 5.75 Å². The Bertz CT molecular complexity index is 481. The van der Waals surface area contributed by atoms with Crippen molar-refractivity contribution < 1.29 is 9.53 Å². The zero-order valence-electron chi connectivity index (χ0n) is 13.6. The smallest absolute Gasteiger partial charge is 0.261 e. The summed E-state index contributed by atoms with van der Waals surface area (Å²) in [6, 6.07) is 5.45. The van der Waals surface area contributed by atoms with Gasteiger partial charge in [-0.2, -0.15) is 0 Å². The van der Waals surface area contributed by atoms with Crippen molar-refractivity contribution in [2.75, 3.05) is 6.54 Å². The molecule has 1 aromatic rings. The van der Waals surface area contributed by atoms with Crippen LogP contribution in [0.2, 0.25) is 5.02 Å². The van der Waals surface area contributed by atoms with Gasteiger partial charge in [0.25, 0.3) is 5.91 Å². The summed E-state index contributed by atoms with van der Waals surface area (Å²) in [5, 5.41) is 3.42. The Balaban J connectivity index is 0.00000441. The molecule has 6 heteroatoms. The van der Waals surface area contributed by atoms with E-state index in [2.05, 4.69) is 19.2 Å². The first-order chi connectivity index (χ1) is 9.83. The first-order valence-electron chi connectivity index (χ1n) is 7.26. The van der Waals surface area contributed by atoms with Crippen LogP contribution in [0.1, 0.15) is 32.8 Å². The maximum Gasteiger partial charge on any atom is 0.261 e. The SMILES string of the molecule is Cc1ccc(Cl)c(OC(C)C(=O)NC(CN)CC(C)C)c1.Cl. The number of carbonyl (C=O) groups is 1. The lowest BCUT2D eigenvalue weighted by atomic mass is 10.0. The monoisotopic (exact) mass is 348 g/mol. The number of hydrogen-bond acceptors (Lipinski definition) is 3. The maximum atomic E-state index is 12.2.